The minimum atomic E-state index is -0.375. The van der Waals surface area contributed by atoms with Gasteiger partial charge in [-0.3, -0.25) is 0 Å². The van der Waals surface area contributed by atoms with E-state index in [1.54, 1.807) is 0 Å². The molecule has 0 atom stereocenters. The van der Waals surface area contributed by atoms with Crippen LogP contribution in [-0.4, -0.2) is 38.5 Å². The van der Waals surface area contributed by atoms with Gasteiger partial charge in [0.1, 0.15) is 0 Å². The molecule has 2 saturated heterocycles. The summed E-state index contributed by atoms with van der Waals surface area (Å²) < 4.78 is 22.0. The number of hydrogen-bond acceptors (Lipinski definition) is 4. The molecule has 0 saturated carbocycles. The molecular weight excluding hydrogens is 328 g/mol. The van der Waals surface area contributed by atoms with Gasteiger partial charge in [-0.15, -0.1) is 11.8 Å². The van der Waals surface area contributed by atoms with Gasteiger partial charge in [-0.2, -0.15) is 0 Å². The van der Waals surface area contributed by atoms with E-state index in [1.807, 2.05) is 6.92 Å². The topological polar surface area (TPSA) is 36.9 Å². The Kier molecular flexibility index (Phi) is 10.8. The summed E-state index contributed by atoms with van der Waals surface area (Å²) in [7, 11) is 0. The fourth-order valence-corrected chi connectivity index (χ4v) is 3.17. The van der Waals surface area contributed by atoms with E-state index in [9.17, 15) is 0 Å². The number of unbranched alkanes of at least 4 members (excludes halogenated alkanes) is 6. The first-order valence-electron chi connectivity index (χ1n) is 10.2. The summed E-state index contributed by atoms with van der Waals surface area (Å²) in [6.07, 6.45) is 11.8. The van der Waals surface area contributed by atoms with Crippen LogP contribution in [0.1, 0.15) is 77.6 Å². The Morgan fingerprint density at radius 1 is 0.731 bits per heavy atom. The lowest BCUT2D eigenvalue weighted by Gasteiger charge is -2.21. The molecule has 4 nitrogen and oxygen atoms in total. The molecule has 0 aromatic heterocycles. The molecule has 146 valence electrons. The van der Waals surface area contributed by atoms with Gasteiger partial charge in [-0.25, -0.2) is 0 Å². The molecule has 0 N–H and O–H groups in total. The molecule has 2 aliphatic heterocycles. The van der Waals surface area contributed by atoms with E-state index < -0.39 is 0 Å². The van der Waals surface area contributed by atoms with Crippen LogP contribution >= 0.6 is 0 Å². The molecule has 0 bridgehead atoms. The number of rotatable bonds is 10. The van der Waals surface area contributed by atoms with Crippen molar-refractivity contribution in [2.75, 3.05) is 26.4 Å². The Labute approximate surface area is 159 Å². The van der Waals surface area contributed by atoms with Gasteiger partial charge in [0, 0.05) is 19.3 Å². The Hall–Kier alpha value is -1.04. The van der Waals surface area contributed by atoms with Crippen molar-refractivity contribution in [3.63, 3.8) is 0 Å². The van der Waals surface area contributed by atoms with Gasteiger partial charge in [-0.1, -0.05) is 31.1 Å². The Bertz CT molecular complexity index is 482. The Morgan fingerprint density at radius 2 is 1.35 bits per heavy atom. The second-order valence-corrected chi connectivity index (χ2v) is 7.05. The number of hydrogen-bond donors (Lipinski definition) is 0. The van der Waals surface area contributed by atoms with E-state index in [0.717, 1.165) is 45.3 Å². The SMILES string of the molecule is CC1(CCCC#CCC#CCCCCCCCC2OCCO2)OCCO1. The minimum absolute atomic E-state index is 0.0643. The van der Waals surface area contributed by atoms with Crippen LogP contribution in [0.4, 0.5) is 0 Å². The summed E-state index contributed by atoms with van der Waals surface area (Å²) in [5.41, 5.74) is 0. The van der Waals surface area contributed by atoms with Crippen molar-refractivity contribution in [3.8, 4) is 23.7 Å². The zero-order valence-electron chi connectivity index (χ0n) is 16.3. The van der Waals surface area contributed by atoms with E-state index >= 15 is 0 Å². The Balaban J connectivity index is 1.34. The normalized spacial score (nSPS) is 19.0. The molecule has 0 unspecified atom stereocenters. The van der Waals surface area contributed by atoms with Crippen molar-refractivity contribution in [1.29, 1.82) is 0 Å². The van der Waals surface area contributed by atoms with Crippen molar-refractivity contribution >= 4 is 0 Å². The monoisotopic (exact) mass is 362 g/mol. The lowest BCUT2D eigenvalue weighted by molar-refractivity contribution is -0.147. The van der Waals surface area contributed by atoms with Gasteiger partial charge in [0.05, 0.1) is 32.8 Å². The van der Waals surface area contributed by atoms with E-state index in [0.29, 0.717) is 19.6 Å². The molecule has 4 heteroatoms. The third-order valence-electron chi connectivity index (χ3n) is 4.69. The van der Waals surface area contributed by atoms with Crippen LogP contribution in [0.2, 0.25) is 0 Å². The Morgan fingerprint density at radius 3 is 2.08 bits per heavy atom. The summed E-state index contributed by atoms with van der Waals surface area (Å²) >= 11 is 0. The van der Waals surface area contributed by atoms with Gasteiger partial charge in [0.25, 0.3) is 0 Å². The predicted octanol–water partition coefficient (Wildman–Crippen LogP) is 4.42. The molecule has 0 amide bonds. The van der Waals surface area contributed by atoms with Crippen LogP contribution in [-0.2, 0) is 18.9 Å². The third-order valence-corrected chi connectivity index (χ3v) is 4.69. The molecule has 26 heavy (non-hydrogen) atoms. The van der Waals surface area contributed by atoms with Gasteiger partial charge in [-0.05, 0) is 32.6 Å². The second kappa shape index (κ2) is 13.2. The minimum Gasteiger partial charge on any atom is -0.350 e. The molecule has 0 aliphatic carbocycles. The molecule has 0 spiro atoms. The summed E-state index contributed by atoms with van der Waals surface area (Å²) in [5, 5.41) is 0. The summed E-state index contributed by atoms with van der Waals surface area (Å²) in [4.78, 5) is 0. The molecular formula is C22H34O4. The molecule has 2 aliphatic rings. The predicted molar refractivity (Wildman–Crippen MR) is 102 cm³/mol. The fraction of sp³-hybridized carbons (Fsp3) is 0.818. The molecule has 0 aromatic carbocycles. The van der Waals surface area contributed by atoms with Gasteiger partial charge >= 0.3 is 0 Å². The van der Waals surface area contributed by atoms with Crippen LogP contribution in [0, 0.1) is 23.7 Å². The van der Waals surface area contributed by atoms with Crippen molar-refractivity contribution in [1.82, 2.24) is 0 Å². The molecule has 0 aromatic rings. The third kappa shape index (κ3) is 9.60. The first-order chi connectivity index (χ1) is 12.8. The smallest absolute Gasteiger partial charge is 0.165 e. The molecule has 2 fully saturated rings. The van der Waals surface area contributed by atoms with E-state index in [1.165, 1.54) is 32.1 Å². The van der Waals surface area contributed by atoms with Crippen LogP contribution < -0.4 is 0 Å². The van der Waals surface area contributed by atoms with Gasteiger partial charge in [0.2, 0.25) is 0 Å². The highest BCUT2D eigenvalue weighted by molar-refractivity contribution is 5.11. The zero-order valence-corrected chi connectivity index (χ0v) is 16.3. The first-order valence-corrected chi connectivity index (χ1v) is 10.2. The maximum atomic E-state index is 5.57. The first kappa shape index (κ1) is 21.3. The highest BCUT2D eigenvalue weighted by Gasteiger charge is 2.29. The van der Waals surface area contributed by atoms with Crippen molar-refractivity contribution in [2.45, 2.75) is 89.6 Å². The second-order valence-electron chi connectivity index (χ2n) is 7.05. The van der Waals surface area contributed by atoms with Gasteiger partial charge in [0.15, 0.2) is 12.1 Å². The molecule has 2 heterocycles. The van der Waals surface area contributed by atoms with Crippen LogP contribution in [0.25, 0.3) is 0 Å². The molecule has 2 rings (SSSR count). The zero-order chi connectivity index (χ0) is 18.3. The van der Waals surface area contributed by atoms with Crippen molar-refractivity contribution in [3.05, 3.63) is 0 Å². The van der Waals surface area contributed by atoms with E-state index in [4.69, 9.17) is 18.9 Å². The summed E-state index contributed by atoms with van der Waals surface area (Å²) in [5.74, 6) is 12.3. The van der Waals surface area contributed by atoms with Crippen molar-refractivity contribution < 1.29 is 18.9 Å². The highest BCUT2D eigenvalue weighted by Crippen LogP contribution is 2.24. The standard InChI is InChI=1S/C22H34O4/c1-22(25-19-20-26-22)16-14-12-10-8-6-4-2-3-5-7-9-11-13-15-21-23-17-18-24-21/h21H,3,5-7,9,11-20H2,1H3. The van der Waals surface area contributed by atoms with Gasteiger partial charge < -0.3 is 18.9 Å². The van der Waals surface area contributed by atoms with Crippen molar-refractivity contribution in [2.24, 2.45) is 0 Å². The lowest BCUT2D eigenvalue weighted by atomic mass is 10.1. The quantitative estimate of drug-likeness (QED) is 0.426. The summed E-state index contributed by atoms with van der Waals surface area (Å²) in [6.45, 7) is 4.95. The average Bonchev–Trinajstić information content (AvgIpc) is 3.30. The van der Waals surface area contributed by atoms with Crippen LogP contribution in [0.15, 0.2) is 0 Å². The largest absolute Gasteiger partial charge is 0.350 e. The molecule has 0 radical (unpaired) electrons. The summed E-state index contributed by atoms with van der Waals surface area (Å²) in [6, 6.07) is 0. The van der Waals surface area contributed by atoms with E-state index in [2.05, 4.69) is 23.7 Å². The van der Waals surface area contributed by atoms with Crippen LogP contribution in [0.5, 0.6) is 0 Å². The highest BCUT2D eigenvalue weighted by atomic mass is 16.7. The fourth-order valence-electron chi connectivity index (χ4n) is 3.17. The van der Waals surface area contributed by atoms with E-state index in [-0.39, 0.29) is 12.1 Å². The maximum Gasteiger partial charge on any atom is 0.165 e. The number of ether oxygens (including phenoxy) is 4. The maximum absolute atomic E-state index is 5.57. The lowest BCUT2D eigenvalue weighted by Crippen LogP contribution is -2.24. The van der Waals surface area contributed by atoms with Crippen LogP contribution in [0.3, 0.4) is 0 Å². The average molecular weight is 363 g/mol.